The first kappa shape index (κ1) is 18.2. The minimum atomic E-state index is -0.0787. The van der Waals surface area contributed by atoms with Gasteiger partial charge in [-0.1, -0.05) is 0 Å². The van der Waals surface area contributed by atoms with Gasteiger partial charge in [-0.15, -0.1) is 0 Å². The van der Waals surface area contributed by atoms with E-state index >= 15 is 0 Å². The predicted molar refractivity (Wildman–Crippen MR) is 91.2 cm³/mol. The molecule has 0 bridgehead atoms. The van der Waals surface area contributed by atoms with E-state index in [4.69, 9.17) is 0 Å². The molecule has 6 nitrogen and oxygen atoms in total. The van der Waals surface area contributed by atoms with Crippen LogP contribution < -0.4 is 0 Å². The summed E-state index contributed by atoms with van der Waals surface area (Å²) >= 11 is 0. The zero-order valence-electron chi connectivity index (χ0n) is 15.1. The number of likely N-dealkylation sites (N-methyl/N-ethyl adjacent to an activating group) is 1. The van der Waals surface area contributed by atoms with Crippen LogP contribution in [-0.4, -0.2) is 96.9 Å². The van der Waals surface area contributed by atoms with Crippen molar-refractivity contribution in [1.82, 2.24) is 19.6 Å². The lowest BCUT2D eigenvalue weighted by atomic mass is 10.0. The molecule has 0 radical (unpaired) electrons. The maximum atomic E-state index is 12.5. The molecule has 2 saturated heterocycles. The molecule has 2 fully saturated rings. The average Bonchev–Trinajstić information content (AvgIpc) is 2.54. The molecule has 6 heteroatoms. The van der Waals surface area contributed by atoms with E-state index in [9.17, 15) is 9.59 Å². The summed E-state index contributed by atoms with van der Waals surface area (Å²) in [6, 6.07) is 0.306. The van der Waals surface area contributed by atoms with Gasteiger partial charge >= 0.3 is 0 Å². The van der Waals surface area contributed by atoms with Gasteiger partial charge in [0.15, 0.2) is 0 Å². The number of amides is 2. The molecule has 2 amide bonds. The second kappa shape index (κ2) is 8.11. The Morgan fingerprint density at radius 3 is 2.30 bits per heavy atom. The van der Waals surface area contributed by atoms with E-state index in [1.807, 2.05) is 11.8 Å². The zero-order chi connectivity index (χ0) is 17.0. The van der Waals surface area contributed by atoms with E-state index < -0.39 is 0 Å². The molecule has 0 aromatic heterocycles. The molecule has 0 aromatic carbocycles. The smallest absolute Gasteiger partial charge is 0.239 e. The average molecular weight is 324 g/mol. The van der Waals surface area contributed by atoms with Gasteiger partial charge in [-0.05, 0) is 33.1 Å². The third-order valence-corrected chi connectivity index (χ3v) is 5.23. The van der Waals surface area contributed by atoms with Gasteiger partial charge in [0.2, 0.25) is 11.8 Å². The van der Waals surface area contributed by atoms with E-state index in [0.717, 1.165) is 45.6 Å². The summed E-state index contributed by atoms with van der Waals surface area (Å²) in [5.74, 6) is 0.416. The van der Waals surface area contributed by atoms with Crippen molar-refractivity contribution in [2.75, 3.05) is 53.4 Å². The molecule has 0 saturated carbocycles. The number of carbonyl (C=O) groups is 2. The fourth-order valence-corrected chi connectivity index (χ4v) is 3.59. The highest BCUT2D eigenvalue weighted by Gasteiger charge is 2.29. The molecule has 2 rings (SSSR count). The highest BCUT2D eigenvalue weighted by Crippen LogP contribution is 2.17. The molecular weight excluding hydrogens is 292 g/mol. The van der Waals surface area contributed by atoms with Gasteiger partial charge in [0.25, 0.3) is 0 Å². The number of piperidine rings is 1. The predicted octanol–water partition coefficient (Wildman–Crippen LogP) is 0.482. The second-order valence-electron chi connectivity index (χ2n) is 7.15. The molecule has 2 aliphatic heterocycles. The number of piperazine rings is 1. The van der Waals surface area contributed by atoms with Crippen LogP contribution in [0.3, 0.4) is 0 Å². The van der Waals surface area contributed by atoms with Crippen molar-refractivity contribution < 1.29 is 9.59 Å². The second-order valence-corrected chi connectivity index (χ2v) is 7.15. The Morgan fingerprint density at radius 2 is 1.74 bits per heavy atom. The summed E-state index contributed by atoms with van der Waals surface area (Å²) in [6.07, 6.45) is 3.50. The van der Waals surface area contributed by atoms with Crippen LogP contribution in [0.2, 0.25) is 0 Å². The maximum Gasteiger partial charge on any atom is 0.239 e. The van der Waals surface area contributed by atoms with Gasteiger partial charge in [-0.2, -0.15) is 0 Å². The van der Waals surface area contributed by atoms with Crippen molar-refractivity contribution in [3.8, 4) is 0 Å². The van der Waals surface area contributed by atoms with Crippen LogP contribution in [0.4, 0.5) is 0 Å². The van der Waals surface area contributed by atoms with Crippen molar-refractivity contribution >= 4 is 11.8 Å². The Bertz CT molecular complexity index is 419. The molecule has 0 aromatic rings. The molecule has 2 heterocycles. The standard InChI is InChI=1S/C17H32N4O2/c1-14-7-5-6-8-21(14)16(22)13-19-9-11-20(12-10-19)15(2)17(23)18(3)4/h14-15H,5-13H2,1-4H3. The Balaban J connectivity index is 1.78. The lowest BCUT2D eigenvalue weighted by Crippen LogP contribution is -2.55. The molecule has 2 aliphatic rings. The van der Waals surface area contributed by atoms with Crippen molar-refractivity contribution in [2.45, 2.75) is 45.2 Å². The third kappa shape index (κ3) is 4.67. The number of rotatable bonds is 4. The summed E-state index contributed by atoms with van der Waals surface area (Å²) < 4.78 is 0. The maximum absolute atomic E-state index is 12.5. The molecule has 23 heavy (non-hydrogen) atoms. The monoisotopic (exact) mass is 324 g/mol. The van der Waals surface area contributed by atoms with Crippen molar-refractivity contribution in [3.05, 3.63) is 0 Å². The van der Waals surface area contributed by atoms with E-state index in [2.05, 4.69) is 16.7 Å². The summed E-state index contributed by atoms with van der Waals surface area (Å²) in [7, 11) is 3.60. The first-order valence-corrected chi connectivity index (χ1v) is 8.87. The lowest BCUT2D eigenvalue weighted by molar-refractivity contribution is -0.138. The van der Waals surface area contributed by atoms with Gasteiger partial charge in [0.1, 0.15) is 0 Å². The highest BCUT2D eigenvalue weighted by atomic mass is 16.2. The zero-order valence-corrected chi connectivity index (χ0v) is 15.1. The number of hydrogen-bond acceptors (Lipinski definition) is 4. The van der Waals surface area contributed by atoms with E-state index in [1.165, 1.54) is 6.42 Å². The summed E-state index contributed by atoms with van der Waals surface area (Å²) in [5, 5.41) is 0. The molecule has 0 N–H and O–H groups in total. The third-order valence-electron chi connectivity index (χ3n) is 5.23. The summed E-state index contributed by atoms with van der Waals surface area (Å²) in [4.78, 5) is 32.7. The topological polar surface area (TPSA) is 47.1 Å². The summed E-state index contributed by atoms with van der Waals surface area (Å²) in [6.45, 7) is 8.98. The number of likely N-dealkylation sites (tertiary alicyclic amines) is 1. The Labute approximate surface area is 140 Å². The number of carbonyl (C=O) groups excluding carboxylic acids is 2. The minimum absolute atomic E-state index is 0.0787. The van der Waals surface area contributed by atoms with Crippen molar-refractivity contribution in [1.29, 1.82) is 0 Å². The van der Waals surface area contributed by atoms with Crippen LogP contribution in [0.15, 0.2) is 0 Å². The molecule has 2 atom stereocenters. The van der Waals surface area contributed by atoms with Gasteiger partial charge in [0, 0.05) is 52.9 Å². The molecule has 2 unspecified atom stereocenters. The largest absolute Gasteiger partial charge is 0.347 e. The lowest BCUT2D eigenvalue weighted by Gasteiger charge is -2.39. The van der Waals surface area contributed by atoms with Gasteiger partial charge < -0.3 is 9.80 Å². The molecule has 0 spiro atoms. The fourth-order valence-electron chi connectivity index (χ4n) is 3.59. The fraction of sp³-hybridized carbons (Fsp3) is 0.882. The Kier molecular flexibility index (Phi) is 6.41. The quantitative estimate of drug-likeness (QED) is 0.755. The van der Waals surface area contributed by atoms with Crippen molar-refractivity contribution in [2.24, 2.45) is 0 Å². The van der Waals surface area contributed by atoms with E-state index in [-0.39, 0.29) is 17.9 Å². The Hall–Kier alpha value is -1.14. The minimum Gasteiger partial charge on any atom is -0.347 e. The molecule has 0 aliphatic carbocycles. The SMILES string of the molecule is CC(C(=O)N(C)C)N1CCN(CC(=O)N2CCCCC2C)CC1. The van der Waals surface area contributed by atoms with Crippen LogP contribution in [0.25, 0.3) is 0 Å². The number of hydrogen-bond donors (Lipinski definition) is 0. The van der Waals surface area contributed by atoms with Crippen molar-refractivity contribution in [3.63, 3.8) is 0 Å². The van der Waals surface area contributed by atoms with Crippen LogP contribution in [0, 0.1) is 0 Å². The van der Waals surface area contributed by atoms with Crippen LogP contribution in [0.1, 0.15) is 33.1 Å². The van der Waals surface area contributed by atoms with Crippen LogP contribution >= 0.6 is 0 Å². The van der Waals surface area contributed by atoms with Crippen LogP contribution in [0.5, 0.6) is 0 Å². The van der Waals surface area contributed by atoms with Gasteiger partial charge in [0.05, 0.1) is 12.6 Å². The summed E-state index contributed by atoms with van der Waals surface area (Å²) in [5.41, 5.74) is 0. The van der Waals surface area contributed by atoms with Gasteiger partial charge in [-0.3, -0.25) is 19.4 Å². The first-order valence-electron chi connectivity index (χ1n) is 8.87. The number of nitrogens with zero attached hydrogens (tertiary/aromatic N) is 4. The van der Waals surface area contributed by atoms with Gasteiger partial charge in [-0.25, -0.2) is 0 Å². The van der Waals surface area contributed by atoms with E-state index in [0.29, 0.717) is 12.6 Å². The highest BCUT2D eigenvalue weighted by molar-refractivity contribution is 5.81. The van der Waals surface area contributed by atoms with E-state index in [1.54, 1.807) is 19.0 Å². The molecular formula is C17H32N4O2. The first-order chi connectivity index (χ1) is 10.9. The van der Waals surface area contributed by atoms with Crippen LogP contribution in [-0.2, 0) is 9.59 Å². The molecule has 132 valence electrons. The normalized spacial score (nSPS) is 25.2. The Morgan fingerprint density at radius 1 is 1.09 bits per heavy atom.